The Bertz CT molecular complexity index is 1020. The maximum atomic E-state index is 12.5. The molecule has 0 radical (unpaired) electrons. The van der Waals surface area contributed by atoms with Gasteiger partial charge in [0, 0.05) is 10.4 Å². The van der Waals surface area contributed by atoms with Crippen LogP contribution in [0.3, 0.4) is 0 Å². The summed E-state index contributed by atoms with van der Waals surface area (Å²) >= 11 is 6.02. The fourth-order valence-electron chi connectivity index (χ4n) is 2.48. The monoisotopic (exact) mass is 384 g/mol. The molecule has 0 saturated heterocycles. The van der Waals surface area contributed by atoms with Gasteiger partial charge in [-0.25, -0.2) is 4.68 Å². The second-order valence-corrected chi connectivity index (χ2v) is 5.90. The number of benzene rings is 2. The fraction of sp³-hybridized carbons (Fsp3) is 0.176. The third-order valence-corrected chi connectivity index (χ3v) is 4.04. The minimum Gasteiger partial charge on any atom is -0.406 e. The molecular weight excluding hydrogens is 373 g/mol. The summed E-state index contributed by atoms with van der Waals surface area (Å²) in [5.74, 6) is -0.432. The van der Waals surface area contributed by atoms with Crippen LogP contribution in [0, 0.1) is 0 Å². The van der Waals surface area contributed by atoms with E-state index in [0.717, 1.165) is 16.8 Å². The smallest absolute Gasteiger partial charge is 0.406 e. The molecule has 0 atom stereocenters. The summed E-state index contributed by atoms with van der Waals surface area (Å²) in [6.45, 7) is -0.287. The summed E-state index contributed by atoms with van der Waals surface area (Å²) in [5.41, 5.74) is 0.469. The Morgan fingerprint density at radius 2 is 1.96 bits per heavy atom. The van der Waals surface area contributed by atoms with E-state index in [-0.39, 0.29) is 23.7 Å². The molecule has 26 heavy (non-hydrogen) atoms. The molecule has 0 aliphatic rings. The summed E-state index contributed by atoms with van der Waals surface area (Å²) in [6, 6.07) is 8.27. The van der Waals surface area contributed by atoms with Gasteiger partial charge < -0.3 is 9.84 Å². The predicted molar refractivity (Wildman–Crippen MR) is 89.2 cm³/mol. The molecule has 5 nitrogen and oxygen atoms in total. The molecular formula is C17H12ClF3N2O3. The zero-order valence-electron chi connectivity index (χ0n) is 13.1. The van der Waals surface area contributed by atoms with E-state index >= 15 is 0 Å². The maximum absolute atomic E-state index is 12.5. The molecule has 136 valence electrons. The second-order valence-electron chi connectivity index (χ2n) is 5.49. The Labute approximate surface area is 150 Å². The molecule has 1 aromatic heterocycles. The van der Waals surface area contributed by atoms with E-state index in [0.29, 0.717) is 16.3 Å². The van der Waals surface area contributed by atoms with Crippen molar-refractivity contribution in [1.82, 2.24) is 9.78 Å². The van der Waals surface area contributed by atoms with E-state index in [2.05, 4.69) is 9.84 Å². The lowest BCUT2D eigenvalue weighted by atomic mass is 10.1. The predicted octanol–water partition coefficient (Wildman–Crippen LogP) is 3.49. The summed E-state index contributed by atoms with van der Waals surface area (Å²) in [6.07, 6.45) is -3.38. The zero-order chi connectivity index (χ0) is 18.9. The first-order valence-electron chi connectivity index (χ1n) is 7.40. The van der Waals surface area contributed by atoms with E-state index in [1.54, 1.807) is 18.2 Å². The molecule has 0 bridgehead atoms. The number of halogens is 4. The number of hydrogen-bond donors (Lipinski definition) is 1. The van der Waals surface area contributed by atoms with Crippen LogP contribution in [0.25, 0.3) is 10.8 Å². The number of aliphatic hydroxyl groups excluding tert-OH is 1. The molecule has 2 aromatic carbocycles. The summed E-state index contributed by atoms with van der Waals surface area (Å²) in [5, 5.41) is 14.3. The van der Waals surface area contributed by atoms with Gasteiger partial charge in [-0.3, -0.25) is 4.79 Å². The van der Waals surface area contributed by atoms with Gasteiger partial charge in [0.15, 0.2) is 0 Å². The average molecular weight is 385 g/mol. The van der Waals surface area contributed by atoms with Gasteiger partial charge in [0.25, 0.3) is 5.56 Å². The highest BCUT2D eigenvalue weighted by Crippen LogP contribution is 2.27. The van der Waals surface area contributed by atoms with E-state index in [1.165, 1.54) is 12.3 Å². The molecule has 0 aliphatic carbocycles. The van der Waals surface area contributed by atoms with Crippen LogP contribution in [0.5, 0.6) is 5.75 Å². The Morgan fingerprint density at radius 3 is 2.65 bits per heavy atom. The van der Waals surface area contributed by atoms with Crippen LogP contribution in [0.15, 0.2) is 47.4 Å². The normalized spacial score (nSPS) is 11.7. The van der Waals surface area contributed by atoms with Gasteiger partial charge in [0.1, 0.15) is 5.75 Å². The van der Waals surface area contributed by atoms with Crippen molar-refractivity contribution in [3.63, 3.8) is 0 Å². The van der Waals surface area contributed by atoms with Gasteiger partial charge in [-0.2, -0.15) is 5.10 Å². The number of ether oxygens (including phenoxy) is 1. The van der Waals surface area contributed by atoms with Crippen molar-refractivity contribution >= 4 is 22.4 Å². The van der Waals surface area contributed by atoms with Crippen molar-refractivity contribution in [2.75, 3.05) is 0 Å². The first-order chi connectivity index (χ1) is 12.3. The largest absolute Gasteiger partial charge is 0.573 e. The lowest BCUT2D eigenvalue weighted by molar-refractivity contribution is -0.274. The number of hydrogen-bond acceptors (Lipinski definition) is 4. The lowest BCUT2D eigenvalue weighted by Gasteiger charge is -2.12. The van der Waals surface area contributed by atoms with Crippen LogP contribution in [0.4, 0.5) is 13.2 Å². The van der Waals surface area contributed by atoms with Crippen LogP contribution in [-0.2, 0) is 13.2 Å². The number of nitrogens with zero attached hydrogens (tertiary/aromatic N) is 2. The quantitative estimate of drug-likeness (QED) is 0.748. The summed E-state index contributed by atoms with van der Waals surface area (Å²) in [7, 11) is 0. The van der Waals surface area contributed by atoms with Crippen LogP contribution < -0.4 is 10.3 Å². The van der Waals surface area contributed by atoms with Crippen molar-refractivity contribution < 1.29 is 23.0 Å². The van der Waals surface area contributed by atoms with E-state index in [4.69, 9.17) is 16.7 Å². The summed E-state index contributed by atoms with van der Waals surface area (Å²) < 4.78 is 42.0. The zero-order valence-corrected chi connectivity index (χ0v) is 13.9. The van der Waals surface area contributed by atoms with Crippen molar-refractivity contribution in [2.24, 2.45) is 0 Å². The van der Waals surface area contributed by atoms with Crippen molar-refractivity contribution in [3.8, 4) is 5.75 Å². The molecule has 0 amide bonds. The minimum absolute atomic E-state index is 0.121. The number of fused-ring (bicyclic) bond motifs is 1. The van der Waals surface area contributed by atoms with Crippen LogP contribution in [-0.4, -0.2) is 21.2 Å². The Balaban J connectivity index is 1.97. The molecule has 0 fully saturated rings. The fourth-order valence-corrected chi connectivity index (χ4v) is 2.66. The molecule has 9 heteroatoms. The Kier molecular flexibility index (Phi) is 4.88. The van der Waals surface area contributed by atoms with Gasteiger partial charge in [-0.1, -0.05) is 17.7 Å². The topological polar surface area (TPSA) is 64.3 Å². The van der Waals surface area contributed by atoms with E-state index in [1.807, 2.05) is 0 Å². The van der Waals surface area contributed by atoms with E-state index in [9.17, 15) is 18.0 Å². The van der Waals surface area contributed by atoms with E-state index < -0.39 is 17.7 Å². The highest BCUT2D eigenvalue weighted by atomic mass is 35.5. The van der Waals surface area contributed by atoms with Gasteiger partial charge in [0.2, 0.25) is 0 Å². The molecule has 0 saturated carbocycles. The third kappa shape index (κ3) is 3.97. The van der Waals surface area contributed by atoms with Gasteiger partial charge in [-0.15, -0.1) is 13.2 Å². The molecule has 3 aromatic rings. The lowest BCUT2D eigenvalue weighted by Crippen LogP contribution is -2.23. The number of rotatable bonds is 4. The summed E-state index contributed by atoms with van der Waals surface area (Å²) in [4.78, 5) is 12.5. The highest BCUT2D eigenvalue weighted by molar-refractivity contribution is 6.31. The molecule has 0 unspecified atom stereocenters. The highest BCUT2D eigenvalue weighted by Gasteiger charge is 2.31. The maximum Gasteiger partial charge on any atom is 0.573 e. The number of alkyl halides is 3. The van der Waals surface area contributed by atoms with Crippen molar-refractivity contribution in [1.29, 1.82) is 0 Å². The third-order valence-electron chi connectivity index (χ3n) is 3.67. The Morgan fingerprint density at radius 1 is 1.19 bits per heavy atom. The first kappa shape index (κ1) is 18.2. The first-order valence-corrected chi connectivity index (χ1v) is 7.78. The minimum atomic E-state index is -4.83. The molecule has 1 N–H and O–H groups in total. The molecule has 3 rings (SSSR count). The molecule has 1 heterocycles. The number of aromatic nitrogens is 2. The SMILES string of the molecule is O=c1c2ccc(CO)cc2cnn1Cc1cc(OC(F)(F)F)ccc1Cl. The van der Waals surface area contributed by atoms with Gasteiger partial charge in [-0.05, 0) is 41.5 Å². The van der Waals surface area contributed by atoms with Crippen LogP contribution in [0.1, 0.15) is 11.1 Å². The Hall–Kier alpha value is -2.58. The van der Waals surface area contributed by atoms with Crippen LogP contribution in [0.2, 0.25) is 5.02 Å². The van der Waals surface area contributed by atoms with Crippen LogP contribution >= 0.6 is 11.6 Å². The molecule has 0 spiro atoms. The molecule has 0 aliphatic heterocycles. The van der Waals surface area contributed by atoms with Gasteiger partial charge in [0.05, 0.1) is 24.7 Å². The van der Waals surface area contributed by atoms with Crippen molar-refractivity contribution in [2.45, 2.75) is 19.5 Å². The van der Waals surface area contributed by atoms with Crippen molar-refractivity contribution in [3.05, 3.63) is 69.1 Å². The van der Waals surface area contributed by atoms with Gasteiger partial charge >= 0.3 is 6.36 Å². The second kappa shape index (κ2) is 6.97. The number of aliphatic hydroxyl groups is 1. The average Bonchev–Trinajstić information content (AvgIpc) is 2.58. The standard InChI is InChI=1S/C17H12ClF3N2O3/c18-15-4-2-13(26-17(19,20)21)6-12(15)8-23-16(25)14-3-1-10(9-24)5-11(14)7-22-23/h1-7,24H,8-9H2.